The van der Waals surface area contributed by atoms with Gasteiger partial charge in [0.1, 0.15) is 12.7 Å². The van der Waals surface area contributed by atoms with Crippen LogP contribution in [0.15, 0.2) is 12.7 Å². The fourth-order valence-electron chi connectivity index (χ4n) is 3.83. The molecule has 1 aromatic rings. The molecule has 0 spiro atoms. The van der Waals surface area contributed by atoms with Crippen molar-refractivity contribution in [3.8, 4) is 0 Å². The fraction of sp³-hybridized carbons (Fsp3) is 0.812. The van der Waals surface area contributed by atoms with Gasteiger partial charge in [-0.15, -0.1) is 10.2 Å². The van der Waals surface area contributed by atoms with Crippen molar-refractivity contribution in [2.24, 2.45) is 11.8 Å². The molecule has 0 aromatic carbocycles. The van der Waals surface area contributed by atoms with Crippen LogP contribution in [0.4, 0.5) is 0 Å². The van der Waals surface area contributed by atoms with Crippen LogP contribution in [-0.4, -0.2) is 26.7 Å². The normalized spacial score (nSPS) is 27.9. The van der Waals surface area contributed by atoms with Crippen LogP contribution in [0.1, 0.15) is 64.3 Å². The van der Waals surface area contributed by atoms with E-state index in [0.29, 0.717) is 18.0 Å². The quantitative estimate of drug-likeness (QED) is 0.907. The Labute approximate surface area is 126 Å². The number of rotatable bonds is 5. The molecule has 2 fully saturated rings. The molecule has 2 saturated carbocycles. The van der Waals surface area contributed by atoms with Crippen LogP contribution in [0.2, 0.25) is 0 Å². The SMILES string of the molecule is CCC(NC(=O)C1CC(n2cnnc2)C1)C1CCCCC1. The average Bonchev–Trinajstić information content (AvgIpc) is 2.98. The van der Waals surface area contributed by atoms with Crippen molar-refractivity contribution in [1.29, 1.82) is 0 Å². The van der Waals surface area contributed by atoms with E-state index in [0.717, 1.165) is 19.3 Å². The monoisotopic (exact) mass is 290 g/mol. The Hall–Kier alpha value is -1.39. The molecule has 2 aliphatic rings. The van der Waals surface area contributed by atoms with Crippen LogP contribution in [0.25, 0.3) is 0 Å². The molecule has 5 heteroatoms. The minimum Gasteiger partial charge on any atom is -0.353 e. The third-order valence-corrected chi connectivity index (χ3v) is 5.33. The van der Waals surface area contributed by atoms with Gasteiger partial charge >= 0.3 is 0 Å². The molecule has 0 saturated heterocycles. The molecule has 0 radical (unpaired) electrons. The molecule has 1 aromatic heterocycles. The lowest BCUT2D eigenvalue weighted by atomic mass is 9.78. The molecule has 0 aliphatic heterocycles. The zero-order chi connectivity index (χ0) is 14.7. The molecule has 3 rings (SSSR count). The molecule has 1 heterocycles. The zero-order valence-corrected chi connectivity index (χ0v) is 12.9. The van der Waals surface area contributed by atoms with Crippen molar-refractivity contribution in [3.63, 3.8) is 0 Å². The predicted octanol–water partition coefficient (Wildman–Crippen LogP) is 2.70. The maximum atomic E-state index is 12.4. The Morgan fingerprint density at radius 2 is 1.90 bits per heavy atom. The zero-order valence-electron chi connectivity index (χ0n) is 12.9. The number of nitrogens with one attached hydrogen (secondary N) is 1. The molecule has 21 heavy (non-hydrogen) atoms. The van der Waals surface area contributed by atoms with Crippen LogP contribution >= 0.6 is 0 Å². The summed E-state index contributed by atoms with van der Waals surface area (Å²) in [6.45, 7) is 2.19. The van der Waals surface area contributed by atoms with E-state index >= 15 is 0 Å². The first kappa shape index (κ1) is 14.5. The van der Waals surface area contributed by atoms with Gasteiger partial charge in [-0.3, -0.25) is 4.79 Å². The highest BCUT2D eigenvalue weighted by atomic mass is 16.2. The summed E-state index contributed by atoms with van der Waals surface area (Å²) in [6.07, 6.45) is 13.0. The molecular weight excluding hydrogens is 264 g/mol. The fourth-order valence-corrected chi connectivity index (χ4v) is 3.83. The minimum atomic E-state index is 0.176. The Morgan fingerprint density at radius 1 is 1.24 bits per heavy atom. The largest absolute Gasteiger partial charge is 0.353 e. The van der Waals surface area contributed by atoms with Gasteiger partial charge in [0, 0.05) is 18.0 Å². The van der Waals surface area contributed by atoms with Crippen molar-refractivity contribution in [3.05, 3.63) is 12.7 Å². The van der Waals surface area contributed by atoms with Crippen molar-refractivity contribution in [2.75, 3.05) is 0 Å². The van der Waals surface area contributed by atoms with Gasteiger partial charge in [0.25, 0.3) is 0 Å². The first-order valence-corrected chi connectivity index (χ1v) is 8.42. The highest BCUT2D eigenvalue weighted by molar-refractivity contribution is 5.80. The summed E-state index contributed by atoms with van der Waals surface area (Å²) in [6, 6.07) is 0.789. The number of nitrogens with zero attached hydrogens (tertiary/aromatic N) is 3. The molecule has 2 aliphatic carbocycles. The molecule has 1 amide bonds. The highest BCUT2D eigenvalue weighted by Gasteiger charge is 2.36. The number of hydrogen-bond acceptors (Lipinski definition) is 3. The summed E-state index contributed by atoms with van der Waals surface area (Å²) in [4.78, 5) is 12.4. The summed E-state index contributed by atoms with van der Waals surface area (Å²) in [5, 5.41) is 11.0. The van der Waals surface area contributed by atoms with E-state index in [1.54, 1.807) is 12.7 Å². The Balaban J connectivity index is 1.47. The standard InChI is InChI=1S/C16H26N4O/c1-2-15(12-6-4-3-5-7-12)19-16(21)13-8-14(9-13)20-10-17-18-11-20/h10-15H,2-9H2,1H3,(H,19,21). The smallest absolute Gasteiger partial charge is 0.223 e. The molecule has 1 N–H and O–H groups in total. The number of carbonyl (C=O) groups excluding carboxylic acids is 1. The van der Waals surface area contributed by atoms with Gasteiger partial charge in [0.2, 0.25) is 5.91 Å². The van der Waals surface area contributed by atoms with Crippen molar-refractivity contribution in [1.82, 2.24) is 20.1 Å². The van der Waals surface area contributed by atoms with Crippen molar-refractivity contribution in [2.45, 2.75) is 70.4 Å². The molecule has 116 valence electrons. The molecule has 1 atom stereocenters. The summed E-state index contributed by atoms with van der Waals surface area (Å²) in [5.41, 5.74) is 0. The highest BCUT2D eigenvalue weighted by Crippen LogP contribution is 2.38. The number of hydrogen-bond donors (Lipinski definition) is 1. The van der Waals surface area contributed by atoms with Crippen molar-refractivity contribution < 1.29 is 4.79 Å². The lowest BCUT2D eigenvalue weighted by molar-refractivity contribution is -0.130. The summed E-state index contributed by atoms with van der Waals surface area (Å²) < 4.78 is 2.02. The summed E-state index contributed by atoms with van der Waals surface area (Å²) in [5.74, 6) is 1.13. The van der Waals surface area contributed by atoms with Crippen LogP contribution in [0, 0.1) is 11.8 Å². The van der Waals surface area contributed by atoms with Gasteiger partial charge in [-0.2, -0.15) is 0 Å². The van der Waals surface area contributed by atoms with Gasteiger partial charge in [0.15, 0.2) is 0 Å². The molecule has 0 bridgehead atoms. The Morgan fingerprint density at radius 3 is 2.52 bits per heavy atom. The lowest BCUT2D eigenvalue weighted by Gasteiger charge is -2.37. The third-order valence-electron chi connectivity index (χ3n) is 5.33. The lowest BCUT2D eigenvalue weighted by Crippen LogP contribution is -2.46. The molecular formula is C16H26N4O. The van der Waals surface area contributed by atoms with Gasteiger partial charge in [-0.25, -0.2) is 0 Å². The van der Waals surface area contributed by atoms with E-state index in [9.17, 15) is 4.79 Å². The van der Waals surface area contributed by atoms with Gasteiger partial charge in [0.05, 0.1) is 0 Å². The Bertz CT molecular complexity index is 447. The topological polar surface area (TPSA) is 59.8 Å². The van der Waals surface area contributed by atoms with E-state index in [4.69, 9.17) is 0 Å². The maximum Gasteiger partial charge on any atom is 0.223 e. The number of amides is 1. The van der Waals surface area contributed by atoms with E-state index < -0.39 is 0 Å². The van der Waals surface area contributed by atoms with Crippen LogP contribution in [0.3, 0.4) is 0 Å². The second kappa shape index (κ2) is 6.58. The Kier molecular flexibility index (Phi) is 4.56. The first-order chi connectivity index (χ1) is 10.3. The average molecular weight is 290 g/mol. The van der Waals surface area contributed by atoms with E-state index in [1.165, 1.54) is 32.1 Å². The maximum absolute atomic E-state index is 12.4. The number of carbonyl (C=O) groups is 1. The van der Waals surface area contributed by atoms with Crippen LogP contribution in [0.5, 0.6) is 0 Å². The third kappa shape index (κ3) is 3.27. The van der Waals surface area contributed by atoms with Crippen LogP contribution < -0.4 is 5.32 Å². The number of aromatic nitrogens is 3. The van der Waals surface area contributed by atoms with Crippen LogP contribution in [-0.2, 0) is 4.79 Å². The van der Waals surface area contributed by atoms with E-state index in [2.05, 4.69) is 22.4 Å². The van der Waals surface area contributed by atoms with E-state index in [1.807, 2.05) is 4.57 Å². The summed E-state index contributed by atoms with van der Waals surface area (Å²) in [7, 11) is 0. The van der Waals surface area contributed by atoms with E-state index in [-0.39, 0.29) is 11.8 Å². The van der Waals surface area contributed by atoms with Crippen molar-refractivity contribution >= 4 is 5.91 Å². The second-order valence-corrected chi connectivity index (χ2v) is 6.65. The predicted molar refractivity (Wildman–Crippen MR) is 80.6 cm³/mol. The van der Waals surface area contributed by atoms with Gasteiger partial charge < -0.3 is 9.88 Å². The minimum absolute atomic E-state index is 0.176. The second-order valence-electron chi connectivity index (χ2n) is 6.65. The van der Waals surface area contributed by atoms with Gasteiger partial charge in [-0.1, -0.05) is 26.2 Å². The molecule has 5 nitrogen and oxygen atoms in total. The first-order valence-electron chi connectivity index (χ1n) is 8.42. The molecule has 1 unspecified atom stereocenters. The summed E-state index contributed by atoms with van der Waals surface area (Å²) >= 11 is 0. The van der Waals surface area contributed by atoms with Gasteiger partial charge in [-0.05, 0) is 38.0 Å².